The van der Waals surface area contributed by atoms with Crippen LogP contribution in [0.2, 0.25) is 0 Å². The van der Waals surface area contributed by atoms with E-state index in [1.54, 1.807) is 0 Å². The fourth-order valence-electron chi connectivity index (χ4n) is 2.30. The number of carbonyl (C=O) groups excluding carboxylic acids is 1. The van der Waals surface area contributed by atoms with Crippen LogP contribution in [0.1, 0.15) is 29.6 Å². The quantitative estimate of drug-likeness (QED) is 0.639. The van der Waals surface area contributed by atoms with E-state index in [1.807, 2.05) is 0 Å². The van der Waals surface area contributed by atoms with Crippen LogP contribution in [0, 0.1) is 16.0 Å². The monoisotopic (exact) mass is 269 g/mol. The second kappa shape index (κ2) is 5.45. The molecule has 1 aromatic heterocycles. The molecule has 0 radical (unpaired) electrons. The summed E-state index contributed by atoms with van der Waals surface area (Å²) in [6.45, 7) is 0.564. The van der Waals surface area contributed by atoms with Crippen LogP contribution in [0.15, 0.2) is 11.4 Å². The van der Waals surface area contributed by atoms with Crippen LogP contribution < -0.4 is 11.1 Å². The third-order valence-electron chi connectivity index (χ3n) is 3.31. The molecule has 0 spiro atoms. The second-order valence-electron chi connectivity index (χ2n) is 4.44. The molecule has 2 rings (SSSR count). The zero-order valence-corrected chi connectivity index (χ0v) is 10.6. The normalized spacial score (nSPS) is 22.9. The van der Waals surface area contributed by atoms with Crippen LogP contribution in [0.4, 0.5) is 5.00 Å². The van der Waals surface area contributed by atoms with E-state index in [4.69, 9.17) is 5.73 Å². The van der Waals surface area contributed by atoms with Gasteiger partial charge in [0, 0.05) is 17.5 Å². The fraction of sp³-hybridized carbons (Fsp3) is 0.545. The Kier molecular flexibility index (Phi) is 3.93. The summed E-state index contributed by atoms with van der Waals surface area (Å²) >= 11 is 0.966. The molecule has 1 fully saturated rings. The average Bonchev–Trinajstić information content (AvgIpc) is 2.96. The highest BCUT2D eigenvalue weighted by molar-refractivity contribution is 7.13. The molecule has 0 aliphatic heterocycles. The number of thiophene rings is 1. The van der Waals surface area contributed by atoms with Gasteiger partial charge in [0.25, 0.3) is 5.91 Å². The predicted octanol–water partition coefficient (Wildman–Crippen LogP) is 1.51. The van der Waals surface area contributed by atoms with Gasteiger partial charge in [0.2, 0.25) is 0 Å². The van der Waals surface area contributed by atoms with Gasteiger partial charge in [-0.15, -0.1) is 0 Å². The van der Waals surface area contributed by atoms with Gasteiger partial charge in [-0.2, -0.15) is 0 Å². The van der Waals surface area contributed by atoms with Crippen LogP contribution in [0.5, 0.6) is 0 Å². The summed E-state index contributed by atoms with van der Waals surface area (Å²) in [5, 5.41) is 15.0. The number of hydrogen-bond acceptors (Lipinski definition) is 5. The first kappa shape index (κ1) is 13.0. The predicted molar refractivity (Wildman–Crippen MR) is 68.6 cm³/mol. The Hall–Kier alpha value is -1.47. The van der Waals surface area contributed by atoms with E-state index in [9.17, 15) is 14.9 Å². The number of nitro groups is 1. The van der Waals surface area contributed by atoms with Crippen LogP contribution >= 0.6 is 11.3 Å². The van der Waals surface area contributed by atoms with Gasteiger partial charge in [-0.25, -0.2) is 0 Å². The van der Waals surface area contributed by atoms with Gasteiger partial charge in [0.05, 0.1) is 10.5 Å². The lowest BCUT2D eigenvalue weighted by Gasteiger charge is -2.18. The third kappa shape index (κ3) is 2.68. The minimum atomic E-state index is -0.486. The molecule has 2 atom stereocenters. The molecule has 1 aliphatic carbocycles. The number of nitrogens with one attached hydrogen (secondary N) is 1. The van der Waals surface area contributed by atoms with Gasteiger partial charge in [0.1, 0.15) is 0 Å². The van der Waals surface area contributed by atoms with Crippen molar-refractivity contribution in [3.8, 4) is 0 Å². The van der Waals surface area contributed by atoms with E-state index < -0.39 is 4.92 Å². The molecule has 1 aromatic rings. The van der Waals surface area contributed by atoms with Gasteiger partial charge in [-0.3, -0.25) is 14.9 Å². The lowest BCUT2D eigenvalue weighted by molar-refractivity contribution is -0.380. The molecular formula is C11H15N3O3S. The first-order chi connectivity index (χ1) is 8.61. The zero-order chi connectivity index (χ0) is 13.1. The van der Waals surface area contributed by atoms with E-state index >= 15 is 0 Å². The fourth-order valence-corrected chi connectivity index (χ4v) is 3.00. The van der Waals surface area contributed by atoms with Crippen molar-refractivity contribution < 1.29 is 9.72 Å². The van der Waals surface area contributed by atoms with Crippen molar-refractivity contribution in [1.82, 2.24) is 5.32 Å². The van der Waals surface area contributed by atoms with E-state index in [1.165, 1.54) is 11.4 Å². The highest BCUT2D eigenvalue weighted by Gasteiger charge is 2.28. The minimum absolute atomic E-state index is 0.0121. The van der Waals surface area contributed by atoms with Crippen molar-refractivity contribution in [3.05, 3.63) is 27.1 Å². The van der Waals surface area contributed by atoms with E-state index in [0.717, 1.165) is 30.6 Å². The summed E-state index contributed by atoms with van der Waals surface area (Å²) in [6.07, 6.45) is 3.03. The summed E-state index contributed by atoms with van der Waals surface area (Å²) in [5.74, 6) is 0.0762. The summed E-state index contributed by atoms with van der Waals surface area (Å²) in [6, 6.07) is 1.41. The van der Waals surface area contributed by atoms with Crippen molar-refractivity contribution in [2.75, 3.05) is 6.54 Å². The summed E-state index contributed by atoms with van der Waals surface area (Å²) in [5.41, 5.74) is 6.00. The SMILES string of the molecule is NCC1CCCC1NC(=O)c1csc([N+](=O)[O-])c1. The number of nitrogens with two attached hydrogens (primary N) is 1. The van der Waals surface area contributed by atoms with Crippen LogP contribution in [-0.4, -0.2) is 23.4 Å². The molecule has 98 valence electrons. The maximum absolute atomic E-state index is 11.9. The van der Waals surface area contributed by atoms with Gasteiger partial charge in [-0.1, -0.05) is 17.8 Å². The van der Waals surface area contributed by atoms with Crippen molar-refractivity contribution in [3.63, 3.8) is 0 Å². The first-order valence-electron chi connectivity index (χ1n) is 5.85. The number of hydrogen-bond donors (Lipinski definition) is 2. The Morgan fingerprint density at radius 1 is 1.61 bits per heavy atom. The lowest BCUT2D eigenvalue weighted by Crippen LogP contribution is -2.39. The molecule has 0 aromatic carbocycles. The summed E-state index contributed by atoms with van der Waals surface area (Å²) in [4.78, 5) is 22.0. The summed E-state index contributed by atoms with van der Waals surface area (Å²) < 4.78 is 0. The highest BCUT2D eigenvalue weighted by atomic mass is 32.1. The van der Waals surface area contributed by atoms with E-state index in [0.29, 0.717) is 18.0 Å². The van der Waals surface area contributed by atoms with Crippen molar-refractivity contribution in [2.45, 2.75) is 25.3 Å². The number of carbonyl (C=O) groups is 1. The molecule has 1 heterocycles. The third-order valence-corrected chi connectivity index (χ3v) is 4.19. The highest BCUT2D eigenvalue weighted by Crippen LogP contribution is 2.26. The number of amides is 1. The Morgan fingerprint density at radius 2 is 2.39 bits per heavy atom. The van der Waals surface area contributed by atoms with Gasteiger partial charge in [-0.05, 0) is 25.3 Å². The van der Waals surface area contributed by atoms with Crippen molar-refractivity contribution in [1.29, 1.82) is 0 Å². The van der Waals surface area contributed by atoms with Crippen LogP contribution in [0.25, 0.3) is 0 Å². The second-order valence-corrected chi connectivity index (χ2v) is 5.33. The molecule has 1 saturated carbocycles. The molecule has 1 amide bonds. The Balaban J connectivity index is 2.00. The van der Waals surface area contributed by atoms with Gasteiger partial charge in [0.15, 0.2) is 0 Å². The molecule has 1 aliphatic rings. The van der Waals surface area contributed by atoms with Gasteiger partial charge < -0.3 is 11.1 Å². The first-order valence-corrected chi connectivity index (χ1v) is 6.73. The molecular weight excluding hydrogens is 254 g/mol. The Morgan fingerprint density at radius 3 is 3.00 bits per heavy atom. The topological polar surface area (TPSA) is 98.3 Å². The molecule has 2 unspecified atom stereocenters. The molecule has 0 saturated heterocycles. The zero-order valence-electron chi connectivity index (χ0n) is 9.80. The van der Waals surface area contributed by atoms with E-state index in [-0.39, 0.29) is 17.0 Å². The van der Waals surface area contributed by atoms with Crippen LogP contribution in [0.3, 0.4) is 0 Å². The Labute approximate surface area is 108 Å². The standard InChI is InChI=1S/C11H15N3O3S/c12-5-7-2-1-3-9(7)13-11(15)8-4-10(14(16)17)18-6-8/h4,6-7,9H,1-3,5,12H2,(H,13,15). The van der Waals surface area contributed by atoms with E-state index in [2.05, 4.69) is 5.32 Å². The Bertz CT molecular complexity index is 460. The maximum Gasteiger partial charge on any atom is 0.324 e. The molecule has 0 bridgehead atoms. The average molecular weight is 269 g/mol. The van der Waals surface area contributed by atoms with Crippen molar-refractivity contribution >= 4 is 22.2 Å². The number of rotatable bonds is 4. The summed E-state index contributed by atoms with van der Waals surface area (Å²) in [7, 11) is 0. The molecule has 3 N–H and O–H groups in total. The van der Waals surface area contributed by atoms with Gasteiger partial charge >= 0.3 is 5.00 Å². The maximum atomic E-state index is 11.9. The van der Waals surface area contributed by atoms with Crippen LogP contribution in [-0.2, 0) is 0 Å². The molecule has 18 heavy (non-hydrogen) atoms. The van der Waals surface area contributed by atoms with Crippen molar-refractivity contribution in [2.24, 2.45) is 11.7 Å². The minimum Gasteiger partial charge on any atom is -0.349 e. The lowest BCUT2D eigenvalue weighted by atomic mass is 10.0. The molecule has 6 nitrogen and oxygen atoms in total. The smallest absolute Gasteiger partial charge is 0.324 e. The number of nitrogens with zero attached hydrogens (tertiary/aromatic N) is 1. The molecule has 7 heteroatoms. The largest absolute Gasteiger partial charge is 0.349 e.